The molecule has 38 heavy (non-hydrogen) atoms. The molecule has 0 radical (unpaired) electrons. The number of nitrogens with one attached hydrogen (secondary N) is 2. The van der Waals surface area contributed by atoms with Crippen molar-refractivity contribution in [2.75, 3.05) is 17.2 Å². The SMILES string of the molecule is C[C@@H](Nc1nc(C(=O)O)nc2nc(NCC3CCCCC3)n(Cc3ccc(C(F)(F)F)cc3)c12)C1CCC1. The summed E-state index contributed by atoms with van der Waals surface area (Å²) in [4.78, 5) is 25.0. The van der Waals surface area contributed by atoms with Crippen molar-refractivity contribution in [2.45, 2.75) is 77.1 Å². The normalized spacial score (nSPS) is 17.8. The number of benzene rings is 1. The van der Waals surface area contributed by atoms with Crippen LogP contribution in [0.25, 0.3) is 11.2 Å². The molecule has 1 atom stereocenters. The lowest BCUT2D eigenvalue weighted by molar-refractivity contribution is -0.137. The summed E-state index contributed by atoms with van der Waals surface area (Å²) < 4.78 is 41.2. The van der Waals surface area contributed by atoms with Crippen LogP contribution >= 0.6 is 0 Å². The number of alkyl halides is 3. The van der Waals surface area contributed by atoms with Crippen molar-refractivity contribution in [3.05, 3.63) is 41.2 Å². The molecule has 3 N–H and O–H groups in total. The van der Waals surface area contributed by atoms with Crippen molar-refractivity contribution < 1.29 is 23.1 Å². The van der Waals surface area contributed by atoms with Crippen molar-refractivity contribution in [1.82, 2.24) is 19.5 Å². The molecule has 2 saturated carbocycles. The maximum atomic E-state index is 13.1. The van der Waals surface area contributed by atoms with E-state index in [0.29, 0.717) is 41.2 Å². The van der Waals surface area contributed by atoms with Crippen LogP contribution in [0.4, 0.5) is 24.9 Å². The minimum atomic E-state index is -4.41. The van der Waals surface area contributed by atoms with Gasteiger partial charge in [-0.3, -0.25) is 0 Å². The molecule has 2 heterocycles. The molecule has 3 aromatic rings. The third-order valence-electron chi connectivity index (χ3n) is 7.91. The number of aromatic carboxylic acids is 1. The smallest absolute Gasteiger partial charge is 0.416 e. The molecule has 2 aliphatic carbocycles. The first-order chi connectivity index (χ1) is 18.2. The molecule has 11 heteroatoms. The fraction of sp³-hybridized carbons (Fsp3) is 0.556. The average Bonchev–Trinajstić information content (AvgIpc) is 3.19. The Morgan fingerprint density at radius 1 is 1.05 bits per heavy atom. The van der Waals surface area contributed by atoms with Gasteiger partial charge in [0.15, 0.2) is 11.5 Å². The Balaban J connectivity index is 1.54. The van der Waals surface area contributed by atoms with Gasteiger partial charge >= 0.3 is 12.1 Å². The number of carboxylic acids is 1. The molecule has 2 fully saturated rings. The number of anilines is 2. The molecule has 0 unspecified atom stereocenters. The van der Waals surface area contributed by atoms with E-state index in [9.17, 15) is 23.1 Å². The zero-order chi connectivity index (χ0) is 26.9. The first-order valence-electron chi connectivity index (χ1n) is 13.4. The van der Waals surface area contributed by atoms with Crippen molar-refractivity contribution in [2.24, 2.45) is 11.8 Å². The quantitative estimate of drug-likeness (QED) is 0.303. The number of carbonyl (C=O) groups is 1. The minimum absolute atomic E-state index is 0.0663. The van der Waals surface area contributed by atoms with E-state index in [-0.39, 0.29) is 24.1 Å². The van der Waals surface area contributed by atoms with Crippen LogP contribution in [0, 0.1) is 11.8 Å². The molecule has 0 spiro atoms. The Kier molecular flexibility index (Phi) is 7.45. The Morgan fingerprint density at radius 3 is 2.37 bits per heavy atom. The highest BCUT2D eigenvalue weighted by Crippen LogP contribution is 2.34. The summed E-state index contributed by atoms with van der Waals surface area (Å²) in [6.45, 7) is 2.98. The van der Waals surface area contributed by atoms with Crippen molar-refractivity contribution >= 4 is 28.9 Å². The molecule has 2 aliphatic rings. The highest BCUT2D eigenvalue weighted by Gasteiger charge is 2.30. The summed E-state index contributed by atoms with van der Waals surface area (Å²) in [5.41, 5.74) is 0.711. The molecule has 0 aliphatic heterocycles. The highest BCUT2D eigenvalue weighted by atomic mass is 19.4. The maximum Gasteiger partial charge on any atom is 0.416 e. The van der Waals surface area contributed by atoms with E-state index in [0.717, 1.165) is 44.2 Å². The maximum absolute atomic E-state index is 13.1. The lowest BCUT2D eigenvalue weighted by atomic mass is 9.80. The summed E-state index contributed by atoms with van der Waals surface area (Å²) in [6, 6.07) is 5.12. The predicted molar refractivity (Wildman–Crippen MR) is 138 cm³/mol. The molecular weight excluding hydrogens is 497 g/mol. The molecule has 204 valence electrons. The highest BCUT2D eigenvalue weighted by molar-refractivity contribution is 5.91. The van der Waals surface area contributed by atoms with Gasteiger partial charge in [-0.15, -0.1) is 0 Å². The second-order valence-corrected chi connectivity index (χ2v) is 10.6. The van der Waals surface area contributed by atoms with Gasteiger partial charge in [0.05, 0.1) is 12.1 Å². The second-order valence-electron chi connectivity index (χ2n) is 10.6. The molecule has 0 bridgehead atoms. The molecular formula is C27H33F3N6O2. The summed E-state index contributed by atoms with van der Waals surface area (Å²) in [7, 11) is 0. The fourth-order valence-electron chi connectivity index (χ4n) is 5.40. The standard InChI is InChI=1S/C27H33F3N6O2/c1-16(19-8-5-9-19)32-22-21-23(34-24(33-22)25(37)38)35-26(31-14-17-6-3-2-4-7-17)36(21)15-18-10-12-20(13-11-18)27(28,29)30/h10-13,16-17,19H,2-9,14-15H2,1H3,(H,37,38)(H2,31,32,33,34,35)/t16-/m1/s1. The van der Waals surface area contributed by atoms with Crippen LogP contribution in [0.3, 0.4) is 0 Å². The number of rotatable bonds is 9. The van der Waals surface area contributed by atoms with E-state index in [4.69, 9.17) is 0 Å². The van der Waals surface area contributed by atoms with Gasteiger partial charge in [0, 0.05) is 12.6 Å². The van der Waals surface area contributed by atoms with Gasteiger partial charge in [0.25, 0.3) is 0 Å². The number of carboxylic acid groups (broad SMARTS) is 1. The van der Waals surface area contributed by atoms with Gasteiger partial charge in [0.1, 0.15) is 5.52 Å². The van der Waals surface area contributed by atoms with Gasteiger partial charge < -0.3 is 20.3 Å². The van der Waals surface area contributed by atoms with Crippen LogP contribution in [0.1, 0.15) is 80.0 Å². The van der Waals surface area contributed by atoms with Crippen LogP contribution in [-0.4, -0.2) is 43.2 Å². The first kappa shape index (κ1) is 26.2. The topological polar surface area (TPSA) is 105 Å². The summed E-state index contributed by atoms with van der Waals surface area (Å²) in [5, 5.41) is 16.5. The van der Waals surface area contributed by atoms with E-state index in [1.54, 1.807) is 0 Å². The van der Waals surface area contributed by atoms with Crippen molar-refractivity contribution in [3.8, 4) is 0 Å². The van der Waals surface area contributed by atoms with Crippen LogP contribution in [0.5, 0.6) is 0 Å². The average molecular weight is 531 g/mol. The van der Waals surface area contributed by atoms with Gasteiger partial charge in [-0.05, 0) is 62.1 Å². The van der Waals surface area contributed by atoms with Crippen LogP contribution in [-0.2, 0) is 12.7 Å². The van der Waals surface area contributed by atoms with Crippen LogP contribution in [0.2, 0.25) is 0 Å². The Labute approximate surface area is 219 Å². The Morgan fingerprint density at radius 2 is 1.76 bits per heavy atom. The fourth-order valence-corrected chi connectivity index (χ4v) is 5.40. The molecule has 0 amide bonds. The van der Waals surface area contributed by atoms with E-state index in [2.05, 4.69) is 32.5 Å². The molecule has 5 rings (SSSR count). The number of imidazole rings is 1. The lowest BCUT2D eigenvalue weighted by Crippen LogP contribution is -2.31. The number of halogens is 3. The summed E-state index contributed by atoms with van der Waals surface area (Å²) >= 11 is 0. The molecule has 2 aromatic heterocycles. The number of hydrogen-bond acceptors (Lipinski definition) is 6. The second kappa shape index (κ2) is 10.8. The minimum Gasteiger partial charge on any atom is -0.475 e. The number of nitrogens with zero attached hydrogens (tertiary/aromatic N) is 4. The van der Waals surface area contributed by atoms with Crippen molar-refractivity contribution in [1.29, 1.82) is 0 Å². The largest absolute Gasteiger partial charge is 0.475 e. The molecule has 1 aromatic carbocycles. The van der Waals surface area contributed by atoms with Gasteiger partial charge in [-0.1, -0.05) is 37.8 Å². The predicted octanol–water partition coefficient (Wildman–Crippen LogP) is 6.18. The molecule has 0 saturated heterocycles. The van der Waals surface area contributed by atoms with Gasteiger partial charge in [-0.25, -0.2) is 14.8 Å². The zero-order valence-electron chi connectivity index (χ0n) is 21.4. The third kappa shape index (κ3) is 5.71. The first-order valence-corrected chi connectivity index (χ1v) is 13.4. The monoisotopic (exact) mass is 530 g/mol. The van der Waals surface area contributed by atoms with E-state index in [1.807, 2.05) is 4.57 Å². The number of hydrogen-bond donors (Lipinski definition) is 3. The third-order valence-corrected chi connectivity index (χ3v) is 7.91. The van der Waals surface area contributed by atoms with Crippen molar-refractivity contribution in [3.63, 3.8) is 0 Å². The van der Waals surface area contributed by atoms with E-state index in [1.165, 1.54) is 31.4 Å². The number of fused-ring (bicyclic) bond motifs is 1. The van der Waals surface area contributed by atoms with E-state index >= 15 is 0 Å². The lowest BCUT2D eigenvalue weighted by Gasteiger charge is -2.32. The molecule has 8 nitrogen and oxygen atoms in total. The van der Waals surface area contributed by atoms with Crippen LogP contribution < -0.4 is 10.6 Å². The van der Waals surface area contributed by atoms with Gasteiger partial charge in [-0.2, -0.15) is 18.2 Å². The number of aromatic nitrogens is 4. The summed E-state index contributed by atoms with van der Waals surface area (Å²) in [5.74, 6) is 0.237. The Hall–Kier alpha value is -3.37. The van der Waals surface area contributed by atoms with E-state index < -0.39 is 17.7 Å². The van der Waals surface area contributed by atoms with Crippen LogP contribution in [0.15, 0.2) is 24.3 Å². The Bertz CT molecular complexity index is 1280. The summed E-state index contributed by atoms with van der Waals surface area (Å²) in [6.07, 6.45) is 4.80. The zero-order valence-corrected chi connectivity index (χ0v) is 21.4. The van der Waals surface area contributed by atoms with Gasteiger partial charge in [0.2, 0.25) is 11.8 Å².